The van der Waals surface area contributed by atoms with E-state index in [1.54, 1.807) is 12.1 Å². The molecule has 0 saturated carbocycles. The third kappa shape index (κ3) is 2.58. The van der Waals surface area contributed by atoms with E-state index < -0.39 is 28.4 Å². The van der Waals surface area contributed by atoms with Crippen molar-refractivity contribution < 1.29 is 19.5 Å². The Hall–Kier alpha value is -2.63. The second kappa shape index (κ2) is 6.11. The van der Waals surface area contributed by atoms with Gasteiger partial charge in [-0.3, -0.25) is 9.59 Å². The monoisotopic (exact) mass is 361 g/mol. The Morgan fingerprint density at radius 1 is 0.875 bits per heavy atom. The highest BCUT2D eigenvalue weighted by Gasteiger charge is 2.37. The lowest BCUT2D eigenvalue weighted by molar-refractivity contribution is 0.0977. The topological polar surface area (TPSA) is 74.7 Å². The largest absolute Gasteiger partial charge is 0.464 e. The smallest absolute Gasteiger partial charge is 0.416 e. The lowest BCUT2D eigenvalue weighted by Crippen LogP contribution is -2.36. The fraction of sp³-hybridized carbons (Fsp3) is 0. The molecular formula is C17H9Cl2NO4. The molecule has 0 saturated heterocycles. The van der Waals surface area contributed by atoms with Crippen molar-refractivity contribution in [1.29, 1.82) is 0 Å². The van der Waals surface area contributed by atoms with Crippen LogP contribution in [0.25, 0.3) is 0 Å². The summed E-state index contributed by atoms with van der Waals surface area (Å²) in [4.78, 5) is 37.6. The fourth-order valence-electron chi connectivity index (χ4n) is 2.46. The molecule has 1 N–H and O–H groups in total. The lowest BCUT2D eigenvalue weighted by atomic mass is 9.92. The SMILES string of the molecule is O=C1C(Cl)=C(N(C(=O)O)c2ccc(Cl)cc2)C(=O)c2ccccc21. The highest BCUT2D eigenvalue weighted by atomic mass is 35.5. The van der Waals surface area contributed by atoms with Crippen molar-refractivity contribution >= 4 is 46.5 Å². The molecule has 0 heterocycles. The normalized spacial score (nSPS) is 13.8. The van der Waals surface area contributed by atoms with E-state index >= 15 is 0 Å². The van der Waals surface area contributed by atoms with E-state index in [0.717, 1.165) is 0 Å². The van der Waals surface area contributed by atoms with E-state index in [9.17, 15) is 19.5 Å². The highest BCUT2D eigenvalue weighted by Crippen LogP contribution is 2.33. The number of carboxylic acid groups (broad SMARTS) is 1. The maximum atomic E-state index is 12.7. The van der Waals surface area contributed by atoms with Crippen LogP contribution < -0.4 is 4.90 Å². The summed E-state index contributed by atoms with van der Waals surface area (Å²) in [6.45, 7) is 0. The van der Waals surface area contributed by atoms with Gasteiger partial charge < -0.3 is 5.11 Å². The van der Waals surface area contributed by atoms with Crippen molar-refractivity contribution in [3.8, 4) is 0 Å². The summed E-state index contributed by atoms with van der Waals surface area (Å²) in [5, 5.41) is 9.52. The molecule has 0 aliphatic heterocycles. The Kier molecular flexibility index (Phi) is 4.13. The first-order chi connectivity index (χ1) is 11.4. The zero-order valence-corrected chi connectivity index (χ0v) is 13.5. The van der Waals surface area contributed by atoms with E-state index in [4.69, 9.17) is 23.2 Å². The number of amides is 1. The van der Waals surface area contributed by atoms with Crippen LogP contribution in [0, 0.1) is 0 Å². The Morgan fingerprint density at radius 2 is 1.42 bits per heavy atom. The molecule has 0 fully saturated rings. The number of ketones is 2. The van der Waals surface area contributed by atoms with Crippen LogP contribution in [0.1, 0.15) is 20.7 Å². The molecule has 120 valence electrons. The molecule has 0 radical (unpaired) electrons. The van der Waals surface area contributed by atoms with Gasteiger partial charge in [-0.05, 0) is 24.3 Å². The average molecular weight is 362 g/mol. The standard InChI is InChI=1S/C17H9Cl2NO4/c18-9-5-7-10(8-6-9)20(17(23)24)14-13(19)15(21)11-3-1-2-4-12(11)16(14)22/h1-8H,(H,23,24). The summed E-state index contributed by atoms with van der Waals surface area (Å²) in [6, 6.07) is 11.9. The number of halogens is 2. The zero-order valence-electron chi connectivity index (χ0n) is 12.0. The molecule has 0 spiro atoms. The number of hydrogen-bond donors (Lipinski definition) is 1. The number of rotatable bonds is 2. The van der Waals surface area contributed by atoms with Crippen molar-refractivity contribution in [1.82, 2.24) is 0 Å². The third-order valence-corrected chi connectivity index (χ3v) is 4.14. The number of fused-ring (bicyclic) bond motifs is 1. The van der Waals surface area contributed by atoms with Crippen LogP contribution in [0.2, 0.25) is 5.02 Å². The minimum atomic E-state index is -1.44. The predicted molar refractivity (Wildman–Crippen MR) is 89.9 cm³/mol. The van der Waals surface area contributed by atoms with Crippen LogP contribution in [-0.4, -0.2) is 22.8 Å². The number of carbonyl (C=O) groups is 3. The van der Waals surface area contributed by atoms with Gasteiger partial charge >= 0.3 is 6.09 Å². The molecule has 2 aromatic rings. The number of carbonyl (C=O) groups excluding carboxylic acids is 2. The average Bonchev–Trinajstić information content (AvgIpc) is 2.57. The van der Waals surface area contributed by atoms with Crippen molar-refractivity contribution in [2.24, 2.45) is 0 Å². The van der Waals surface area contributed by atoms with Gasteiger partial charge in [-0.15, -0.1) is 0 Å². The van der Waals surface area contributed by atoms with Gasteiger partial charge in [-0.1, -0.05) is 47.5 Å². The number of hydrogen-bond acceptors (Lipinski definition) is 3. The molecule has 0 aromatic heterocycles. The van der Waals surface area contributed by atoms with Crippen molar-refractivity contribution in [3.05, 3.63) is 75.4 Å². The molecule has 0 bridgehead atoms. The molecule has 1 amide bonds. The summed E-state index contributed by atoms with van der Waals surface area (Å²) < 4.78 is 0. The molecule has 7 heteroatoms. The number of nitrogens with zero attached hydrogens (tertiary/aromatic N) is 1. The first kappa shape index (κ1) is 16.2. The van der Waals surface area contributed by atoms with Crippen molar-refractivity contribution in [2.45, 2.75) is 0 Å². The van der Waals surface area contributed by atoms with Crippen LogP contribution in [0.5, 0.6) is 0 Å². The molecule has 24 heavy (non-hydrogen) atoms. The van der Waals surface area contributed by atoms with Gasteiger partial charge in [0.2, 0.25) is 11.6 Å². The summed E-state index contributed by atoms with van der Waals surface area (Å²) in [6.07, 6.45) is -1.44. The van der Waals surface area contributed by atoms with Gasteiger partial charge in [0.25, 0.3) is 0 Å². The first-order valence-electron chi connectivity index (χ1n) is 6.78. The number of Topliss-reactive ketones (excluding diaryl/α,β-unsaturated/α-hetero) is 2. The molecule has 3 rings (SSSR count). The van der Waals surface area contributed by atoms with Crippen LogP contribution in [0.3, 0.4) is 0 Å². The van der Waals surface area contributed by atoms with E-state index in [2.05, 4.69) is 0 Å². The van der Waals surface area contributed by atoms with Crippen LogP contribution in [-0.2, 0) is 0 Å². The highest BCUT2D eigenvalue weighted by molar-refractivity contribution is 6.50. The van der Waals surface area contributed by atoms with Crippen LogP contribution in [0.4, 0.5) is 10.5 Å². The van der Waals surface area contributed by atoms with Gasteiger partial charge in [0, 0.05) is 16.1 Å². The minimum absolute atomic E-state index is 0.113. The Balaban J connectivity index is 2.20. The molecule has 1 aliphatic rings. The fourth-order valence-corrected chi connectivity index (χ4v) is 2.86. The van der Waals surface area contributed by atoms with Crippen molar-refractivity contribution in [3.63, 3.8) is 0 Å². The Labute approximate surface area is 146 Å². The molecule has 0 atom stereocenters. The number of allylic oxidation sites excluding steroid dienone is 2. The maximum Gasteiger partial charge on any atom is 0.416 e. The number of anilines is 1. The summed E-state index contributed by atoms with van der Waals surface area (Å²) in [5.41, 5.74) is 0.0237. The van der Waals surface area contributed by atoms with E-state index in [0.29, 0.717) is 9.92 Å². The van der Waals surface area contributed by atoms with E-state index in [1.165, 1.54) is 36.4 Å². The number of benzene rings is 2. The van der Waals surface area contributed by atoms with Gasteiger partial charge in [-0.25, -0.2) is 9.69 Å². The Bertz CT molecular complexity index is 903. The molecule has 2 aromatic carbocycles. The van der Waals surface area contributed by atoms with E-state index in [-0.39, 0.29) is 16.8 Å². The quantitative estimate of drug-likeness (QED) is 0.862. The minimum Gasteiger partial charge on any atom is -0.464 e. The van der Waals surface area contributed by atoms with Crippen LogP contribution >= 0.6 is 23.2 Å². The summed E-state index contributed by atoms with van der Waals surface area (Å²) in [7, 11) is 0. The third-order valence-electron chi connectivity index (χ3n) is 3.54. The molecular weight excluding hydrogens is 353 g/mol. The summed E-state index contributed by atoms with van der Waals surface area (Å²) >= 11 is 11.9. The Morgan fingerprint density at radius 3 is 1.96 bits per heavy atom. The van der Waals surface area contributed by atoms with Crippen molar-refractivity contribution in [2.75, 3.05) is 4.90 Å². The zero-order chi connectivity index (χ0) is 17.4. The molecule has 0 unspecified atom stereocenters. The predicted octanol–water partition coefficient (Wildman–Crippen LogP) is 4.35. The van der Waals surface area contributed by atoms with Gasteiger partial charge in [0.05, 0.1) is 5.69 Å². The van der Waals surface area contributed by atoms with Gasteiger partial charge in [0.15, 0.2) is 0 Å². The summed E-state index contributed by atoms with van der Waals surface area (Å²) in [5.74, 6) is -1.23. The maximum absolute atomic E-state index is 12.7. The second-order valence-electron chi connectivity index (χ2n) is 4.96. The van der Waals surface area contributed by atoms with Gasteiger partial charge in [0.1, 0.15) is 10.7 Å². The molecule has 1 aliphatic carbocycles. The van der Waals surface area contributed by atoms with E-state index in [1.807, 2.05) is 0 Å². The molecule has 5 nitrogen and oxygen atoms in total. The first-order valence-corrected chi connectivity index (χ1v) is 7.54. The lowest BCUT2D eigenvalue weighted by Gasteiger charge is -2.26. The van der Waals surface area contributed by atoms with Gasteiger partial charge in [-0.2, -0.15) is 0 Å². The second-order valence-corrected chi connectivity index (χ2v) is 5.78. The van der Waals surface area contributed by atoms with Crippen LogP contribution in [0.15, 0.2) is 59.3 Å².